The standard InChI is InChI=1S/C9H9BrN2O4S/c10-6-3-11-8(12-7(6)9(13)14)5-1-2-17(15,16)4-5/h3,5H,1-2,4H2,(H,13,14). The minimum absolute atomic E-state index is 0.00626. The summed E-state index contributed by atoms with van der Waals surface area (Å²) in [5.41, 5.74) is -0.140. The van der Waals surface area contributed by atoms with Gasteiger partial charge in [-0.15, -0.1) is 0 Å². The number of halogens is 1. The zero-order chi connectivity index (χ0) is 12.6. The number of carbonyl (C=O) groups is 1. The molecule has 2 heterocycles. The molecular weight excluding hydrogens is 312 g/mol. The Balaban J connectivity index is 2.35. The Morgan fingerprint density at radius 2 is 2.24 bits per heavy atom. The van der Waals surface area contributed by atoms with Crippen molar-refractivity contribution in [2.45, 2.75) is 12.3 Å². The molecule has 1 aromatic heterocycles. The van der Waals surface area contributed by atoms with E-state index in [0.717, 1.165) is 0 Å². The zero-order valence-electron chi connectivity index (χ0n) is 8.63. The van der Waals surface area contributed by atoms with E-state index < -0.39 is 15.8 Å². The van der Waals surface area contributed by atoms with Gasteiger partial charge in [0.1, 0.15) is 5.82 Å². The lowest BCUT2D eigenvalue weighted by atomic mass is 10.1. The van der Waals surface area contributed by atoms with Crippen LogP contribution in [0.15, 0.2) is 10.7 Å². The predicted octanol–water partition coefficient (Wildman–Crippen LogP) is 0.839. The largest absolute Gasteiger partial charge is 0.476 e. The van der Waals surface area contributed by atoms with Gasteiger partial charge in [-0.3, -0.25) is 0 Å². The molecule has 6 nitrogen and oxygen atoms in total. The van der Waals surface area contributed by atoms with Gasteiger partial charge in [-0.05, 0) is 22.4 Å². The van der Waals surface area contributed by atoms with E-state index in [1.165, 1.54) is 6.20 Å². The van der Waals surface area contributed by atoms with E-state index in [0.29, 0.717) is 6.42 Å². The first-order valence-electron chi connectivity index (χ1n) is 4.85. The Labute approximate surface area is 106 Å². The molecule has 0 amide bonds. The fourth-order valence-corrected chi connectivity index (χ4v) is 3.83. The maximum absolute atomic E-state index is 11.3. The minimum atomic E-state index is -3.03. The fourth-order valence-electron chi connectivity index (χ4n) is 1.73. The molecule has 0 saturated carbocycles. The van der Waals surface area contributed by atoms with Gasteiger partial charge in [0.15, 0.2) is 15.5 Å². The lowest BCUT2D eigenvalue weighted by Crippen LogP contribution is -2.11. The molecule has 8 heteroatoms. The Bertz CT molecular complexity index is 572. The van der Waals surface area contributed by atoms with E-state index in [1.807, 2.05) is 0 Å². The summed E-state index contributed by atoms with van der Waals surface area (Å²) in [5, 5.41) is 8.90. The van der Waals surface area contributed by atoms with Crippen molar-refractivity contribution in [3.63, 3.8) is 0 Å². The first kappa shape index (κ1) is 12.4. The van der Waals surface area contributed by atoms with Gasteiger partial charge in [0, 0.05) is 12.1 Å². The van der Waals surface area contributed by atoms with Crippen LogP contribution in [0, 0.1) is 0 Å². The summed E-state index contributed by atoms with van der Waals surface area (Å²) in [6.45, 7) is 0. The summed E-state index contributed by atoms with van der Waals surface area (Å²) in [6.07, 6.45) is 1.79. The third-order valence-corrected chi connectivity index (χ3v) is 4.91. The highest BCUT2D eigenvalue weighted by molar-refractivity contribution is 9.10. The molecule has 1 aliphatic heterocycles. The molecule has 1 unspecified atom stereocenters. The van der Waals surface area contributed by atoms with Gasteiger partial charge in [-0.1, -0.05) is 0 Å². The second-order valence-electron chi connectivity index (χ2n) is 3.83. The topological polar surface area (TPSA) is 97.2 Å². The molecule has 2 rings (SSSR count). The van der Waals surface area contributed by atoms with Crippen molar-refractivity contribution >= 4 is 31.7 Å². The quantitative estimate of drug-likeness (QED) is 0.867. The molecule has 0 radical (unpaired) electrons. The summed E-state index contributed by atoms with van der Waals surface area (Å²) in [4.78, 5) is 18.8. The van der Waals surface area contributed by atoms with Gasteiger partial charge in [0.2, 0.25) is 0 Å². The third-order valence-electron chi connectivity index (χ3n) is 2.56. The van der Waals surface area contributed by atoms with Crippen LogP contribution in [0.2, 0.25) is 0 Å². The SMILES string of the molecule is O=C(O)c1nc(C2CCS(=O)(=O)C2)ncc1Br. The molecule has 0 aromatic carbocycles. The van der Waals surface area contributed by atoms with Gasteiger partial charge in [-0.25, -0.2) is 23.2 Å². The number of carboxylic acid groups (broad SMARTS) is 1. The van der Waals surface area contributed by atoms with Crippen molar-refractivity contribution in [2.24, 2.45) is 0 Å². The predicted molar refractivity (Wildman–Crippen MR) is 62.7 cm³/mol. The van der Waals surface area contributed by atoms with E-state index in [2.05, 4.69) is 25.9 Å². The molecule has 0 spiro atoms. The molecule has 0 bridgehead atoms. The van der Waals surface area contributed by atoms with Crippen molar-refractivity contribution in [2.75, 3.05) is 11.5 Å². The number of aromatic nitrogens is 2. The molecular formula is C9H9BrN2O4S. The summed E-state index contributed by atoms with van der Waals surface area (Å²) in [5.74, 6) is -1.08. The van der Waals surface area contributed by atoms with Crippen molar-refractivity contribution in [1.29, 1.82) is 0 Å². The van der Waals surface area contributed by atoms with Crippen LogP contribution in [-0.2, 0) is 9.84 Å². The van der Waals surface area contributed by atoms with Crippen molar-refractivity contribution in [1.82, 2.24) is 9.97 Å². The van der Waals surface area contributed by atoms with E-state index in [4.69, 9.17) is 5.11 Å². The Hall–Kier alpha value is -1.02. The van der Waals surface area contributed by atoms with Crippen LogP contribution in [0.1, 0.15) is 28.7 Å². The van der Waals surface area contributed by atoms with E-state index in [-0.39, 0.29) is 33.4 Å². The van der Waals surface area contributed by atoms with E-state index in [1.54, 1.807) is 0 Å². The van der Waals surface area contributed by atoms with Gasteiger partial charge < -0.3 is 5.11 Å². The van der Waals surface area contributed by atoms with Crippen LogP contribution in [-0.4, -0.2) is 41.0 Å². The van der Waals surface area contributed by atoms with Crippen LogP contribution in [0.3, 0.4) is 0 Å². The van der Waals surface area contributed by atoms with Crippen LogP contribution < -0.4 is 0 Å². The molecule has 92 valence electrons. The highest BCUT2D eigenvalue weighted by atomic mass is 79.9. The summed E-state index contributed by atoms with van der Waals surface area (Å²) in [7, 11) is -3.03. The van der Waals surface area contributed by atoms with Crippen LogP contribution >= 0.6 is 15.9 Å². The highest BCUT2D eigenvalue weighted by Gasteiger charge is 2.31. The Morgan fingerprint density at radius 3 is 2.76 bits per heavy atom. The fraction of sp³-hybridized carbons (Fsp3) is 0.444. The maximum atomic E-state index is 11.3. The second kappa shape index (κ2) is 4.34. The smallest absolute Gasteiger partial charge is 0.355 e. The summed E-state index contributed by atoms with van der Waals surface area (Å²) >= 11 is 3.04. The molecule has 1 atom stereocenters. The lowest BCUT2D eigenvalue weighted by Gasteiger charge is -2.07. The van der Waals surface area contributed by atoms with Crippen LogP contribution in [0.5, 0.6) is 0 Å². The second-order valence-corrected chi connectivity index (χ2v) is 6.91. The number of sulfone groups is 1. The van der Waals surface area contributed by atoms with Gasteiger partial charge >= 0.3 is 5.97 Å². The molecule has 17 heavy (non-hydrogen) atoms. The number of hydrogen-bond acceptors (Lipinski definition) is 5. The van der Waals surface area contributed by atoms with Gasteiger partial charge in [-0.2, -0.15) is 0 Å². The number of carboxylic acids is 1. The maximum Gasteiger partial charge on any atom is 0.355 e. The first-order chi connectivity index (χ1) is 7.89. The van der Waals surface area contributed by atoms with Crippen LogP contribution in [0.25, 0.3) is 0 Å². The van der Waals surface area contributed by atoms with Gasteiger partial charge in [0.05, 0.1) is 16.0 Å². The lowest BCUT2D eigenvalue weighted by molar-refractivity contribution is 0.0688. The third kappa shape index (κ3) is 2.63. The number of aromatic carboxylic acids is 1. The highest BCUT2D eigenvalue weighted by Crippen LogP contribution is 2.27. The molecule has 1 saturated heterocycles. The van der Waals surface area contributed by atoms with Crippen molar-refractivity contribution < 1.29 is 18.3 Å². The van der Waals surface area contributed by atoms with Gasteiger partial charge in [0.25, 0.3) is 0 Å². The average molecular weight is 321 g/mol. The number of hydrogen-bond donors (Lipinski definition) is 1. The molecule has 1 fully saturated rings. The minimum Gasteiger partial charge on any atom is -0.476 e. The van der Waals surface area contributed by atoms with Crippen LogP contribution in [0.4, 0.5) is 0 Å². The number of nitrogens with zero attached hydrogens (tertiary/aromatic N) is 2. The first-order valence-corrected chi connectivity index (χ1v) is 7.46. The average Bonchev–Trinajstić information content (AvgIpc) is 2.59. The molecule has 1 aromatic rings. The van der Waals surface area contributed by atoms with E-state index >= 15 is 0 Å². The Kier molecular flexibility index (Phi) is 3.17. The normalized spacial score (nSPS) is 22.5. The van der Waals surface area contributed by atoms with E-state index in [9.17, 15) is 13.2 Å². The zero-order valence-corrected chi connectivity index (χ0v) is 11.0. The molecule has 1 N–H and O–H groups in total. The summed E-state index contributed by atoms with van der Waals surface area (Å²) < 4.78 is 22.9. The van der Waals surface area contributed by atoms with Crippen molar-refractivity contribution in [3.05, 3.63) is 22.2 Å². The number of rotatable bonds is 2. The molecule has 0 aliphatic carbocycles. The monoisotopic (exact) mass is 320 g/mol. The molecule has 1 aliphatic rings. The summed E-state index contributed by atoms with van der Waals surface area (Å²) in [6, 6.07) is 0. The Morgan fingerprint density at radius 1 is 1.53 bits per heavy atom. The van der Waals surface area contributed by atoms with Crippen molar-refractivity contribution in [3.8, 4) is 0 Å².